The quantitative estimate of drug-likeness (QED) is 0.740. The molecular weight excluding hydrogens is 368 g/mol. The molecule has 1 aromatic heterocycles. The molecule has 1 N–H and O–H groups in total. The fourth-order valence-electron chi connectivity index (χ4n) is 4.14. The summed E-state index contributed by atoms with van der Waals surface area (Å²) in [5.74, 6) is -0.381. The van der Waals surface area contributed by atoms with Gasteiger partial charge in [-0.2, -0.15) is 5.10 Å². The lowest BCUT2D eigenvalue weighted by Crippen LogP contribution is -2.38. The Balaban J connectivity index is 1.77. The fourth-order valence-corrected chi connectivity index (χ4v) is 4.14. The molecule has 2 amide bonds. The van der Waals surface area contributed by atoms with Gasteiger partial charge >= 0.3 is 0 Å². The van der Waals surface area contributed by atoms with Crippen LogP contribution in [0.15, 0.2) is 30.3 Å². The van der Waals surface area contributed by atoms with Crippen molar-refractivity contribution in [2.45, 2.75) is 32.7 Å². The minimum atomic E-state index is -0.390. The third kappa shape index (κ3) is 4.50. The lowest BCUT2D eigenvalue weighted by atomic mass is 9.92. The van der Waals surface area contributed by atoms with Crippen molar-refractivity contribution >= 4 is 11.8 Å². The zero-order chi connectivity index (χ0) is 21.0. The van der Waals surface area contributed by atoms with Crippen LogP contribution in [0.4, 0.5) is 0 Å². The number of hydrogen-bond donors (Lipinski definition) is 1. The molecule has 0 unspecified atom stereocenters. The zero-order valence-corrected chi connectivity index (χ0v) is 17.6. The normalized spacial score (nSPS) is 19.0. The van der Waals surface area contributed by atoms with Gasteiger partial charge < -0.3 is 14.5 Å². The number of aromatic amines is 1. The molecule has 1 aromatic carbocycles. The van der Waals surface area contributed by atoms with Crippen LogP contribution in [0.25, 0.3) is 0 Å². The molecule has 29 heavy (non-hydrogen) atoms. The average Bonchev–Trinajstić information content (AvgIpc) is 3.23. The van der Waals surface area contributed by atoms with Crippen molar-refractivity contribution in [3.8, 4) is 0 Å². The molecule has 156 valence electrons. The number of benzene rings is 1. The minimum Gasteiger partial charge on any atom is -0.383 e. The Hall–Kier alpha value is -2.67. The monoisotopic (exact) mass is 398 g/mol. The molecule has 0 spiro atoms. The SMILES string of the molecule is COCCN1C(=O)C[C@@H](C(=O)N(C)CCc2c(C)n[nH]c2C)[C@@H]1c1ccccc1. The van der Waals surface area contributed by atoms with E-state index < -0.39 is 5.92 Å². The second kappa shape index (κ2) is 9.22. The van der Waals surface area contributed by atoms with Crippen LogP contribution in [0.3, 0.4) is 0 Å². The molecule has 0 bridgehead atoms. The van der Waals surface area contributed by atoms with Gasteiger partial charge in [-0.05, 0) is 31.4 Å². The van der Waals surface area contributed by atoms with Gasteiger partial charge in [-0.25, -0.2) is 0 Å². The minimum absolute atomic E-state index is 0.00387. The molecule has 1 aliphatic rings. The second-order valence-electron chi connectivity index (χ2n) is 7.67. The van der Waals surface area contributed by atoms with E-state index in [1.807, 2.05) is 51.2 Å². The fraction of sp³-hybridized carbons (Fsp3) is 0.500. The number of likely N-dealkylation sites (N-methyl/N-ethyl adjacent to an activating group) is 1. The Kier molecular flexibility index (Phi) is 6.69. The van der Waals surface area contributed by atoms with Crippen LogP contribution >= 0.6 is 0 Å². The average molecular weight is 399 g/mol. The lowest BCUT2D eigenvalue weighted by molar-refractivity contribution is -0.135. The van der Waals surface area contributed by atoms with E-state index in [1.54, 1.807) is 16.9 Å². The van der Waals surface area contributed by atoms with Gasteiger partial charge in [0.1, 0.15) is 0 Å². The van der Waals surface area contributed by atoms with E-state index in [0.29, 0.717) is 19.7 Å². The van der Waals surface area contributed by atoms with Gasteiger partial charge in [0.2, 0.25) is 11.8 Å². The van der Waals surface area contributed by atoms with Crippen LogP contribution in [0, 0.1) is 19.8 Å². The lowest BCUT2D eigenvalue weighted by Gasteiger charge is -2.30. The smallest absolute Gasteiger partial charge is 0.228 e. The number of carbonyl (C=O) groups is 2. The molecule has 0 radical (unpaired) electrons. The molecule has 1 fully saturated rings. The number of ether oxygens (including phenoxy) is 1. The molecule has 3 rings (SSSR count). The van der Waals surface area contributed by atoms with Gasteiger partial charge in [-0.3, -0.25) is 14.7 Å². The summed E-state index contributed by atoms with van der Waals surface area (Å²) in [7, 11) is 3.44. The van der Waals surface area contributed by atoms with E-state index in [1.165, 1.54) is 0 Å². The standard InChI is InChI=1S/C22H30N4O3/c1-15-18(16(2)24-23-15)10-11-25(3)22(28)19-14-20(27)26(12-13-29-4)21(19)17-8-6-5-7-9-17/h5-9,19,21H,10-14H2,1-4H3,(H,23,24)/t19-,21+/m1/s1. The number of rotatable bonds is 8. The Morgan fingerprint density at radius 2 is 2.03 bits per heavy atom. The Labute approximate surface area is 172 Å². The van der Waals surface area contributed by atoms with Crippen molar-refractivity contribution in [2.75, 3.05) is 33.9 Å². The van der Waals surface area contributed by atoms with Crippen molar-refractivity contribution in [3.05, 3.63) is 52.8 Å². The summed E-state index contributed by atoms with van der Waals surface area (Å²) in [5.41, 5.74) is 4.13. The summed E-state index contributed by atoms with van der Waals surface area (Å²) in [6, 6.07) is 9.55. The van der Waals surface area contributed by atoms with E-state index in [4.69, 9.17) is 4.74 Å². The maximum absolute atomic E-state index is 13.3. The topological polar surface area (TPSA) is 78.5 Å². The number of likely N-dealkylation sites (tertiary alicyclic amines) is 1. The van der Waals surface area contributed by atoms with Crippen LogP contribution in [-0.2, 0) is 20.7 Å². The third-order valence-corrected chi connectivity index (χ3v) is 5.78. The van der Waals surface area contributed by atoms with Crippen molar-refractivity contribution in [1.82, 2.24) is 20.0 Å². The summed E-state index contributed by atoms with van der Waals surface area (Å²) >= 11 is 0. The molecule has 2 atom stereocenters. The second-order valence-corrected chi connectivity index (χ2v) is 7.67. The van der Waals surface area contributed by atoms with Crippen LogP contribution in [0.5, 0.6) is 0 Å². The summed E-state index contributed by atoms with van der Waals surface area (Å²) in [6.07, 6.45) is 0.969. The Morgan fingerprint density at radius 3 is 2.66 bits per heavy atom. The Bertz CT molecular complexity index is 829. The third-order valence-electron chi connectivity index (χ3n) is 5.78. The highest BCUT2D eigenvalue weighted by atomic mass is 16.5. The number of methoxy groups -OCH3 is 1. The molecule has 2 heterocycles. The number of carbonyl (C=O) groups excluding carboxylic acids is 2. The van der Waals surface area contributed by atoms with E-state index in [-0.39, 0.29) is 24.3 Å². The highest BCUT2D eigenvalue weighted by Crippen LogP contribution is 2.38. The first-order chi connectivity index (χ1) is 13.9. The predicted molar refractivity (Wildman–Crippen MR) is 110 cm³/mol. The number of aromatic nitrogens is 2. The first-order valence-electron chi connectivity index (χ1n) is 10.0. The van der Waals surface area contributed by atoms with Gasteiger partial charge in [-0.15, -0.1) is 0 Å². The van der Waals surface area contributed by atoms with Gasteiger partial charge in [0.05, 0.1) is 24.3 Å². The first-order valence-corrected chi connectivity index (χ1v) is 10.0. The van der Waals surface area contributed by atoms with E-state index in [0.717, 1.165) is 28.9 Å². The number of amides is 2. The van der Waals surface area contributed by atoms with Gasteiger partial charge in [0.25, 0.3) is 0 Å². The number of nitrogens with zero attached hydrogens (tertiary/aromatic N) is 3. The summed E-state index contributed by atoms with van der Waals surface area (Å²) in [4.78, 5) is 29.6. The van der Waals surface area contributed by atoms with Crippen LogP contribution in [-0.4, -0.2) is 65.7 Å². The number of hydrogen-bond acceptors (Lipinski definition) is 4. The highest BCUT2D eigenvalue weighted by molar-refractivity contribution is 5.90. The summed E-state index contributed by atoms with van der Waals surface area (Å²) in [5, 5.41) is 7.21. The number of nitrogens with one attached hydrogen (secondary N) is 1. The maximum Gasteiger partial charge on any atom is 0.228 e. The van der Waals surface area contributed by atoms with Crippen molar-refractivity contribution in [2.24, 2.45) is 5.92 Å². The van der Waals surface area contributed by atoms with Gasteiger partial charge in [0.15, 0.2) is 0 Å². The summed E-state index contributed by atoms with van der Waals surface area (Å²) in [6.45, 7) is 5.48. The highest BCUT2D eigenvalue weighted by Gasteiger charge is 2.45. The van der Waals surface area contributed by atoms with E-state index >= 15 is 0 Å². The van der Waals surface area contributed by atoms with Gasteiger partial charge in [0, 0.05) is 39.4 Å². The molecule has 2 aromatic rings. The zero-order valence-electron chi connectivity index (χ0n) is 17.6. The molecule has 7 heteroatoms. The molecule has 0 aliphatic carbocycles. The van der Waals surface area contributed by atoms with Crippen molar-refractivity contribution in [1.29, 1.82) is 0 Å². The van der Waals surface area contributed by atoms with Crippen LogP contribution < -0.4 is 0 Å². The largest absolute Gasteiger partial charge is 0.383 e. The van der Waals surface area contributed by atoms with E-state index in [2.05, 4.69) is 10.2 Å². The number of aryl methyl sites for hydroxylation is 2. The van der Waals surface area contributed by atoms with E-state index in [9.17, 15) is 9.59 Å². The molecule has 0 saturated carbocycles. The van der Waals surface area contributed by atoms with Crippen LogP contribution in [0.2, 0.25) is 0 Å². The van der Waals surface area contributed by atoms with Crippen LogP contribution in [0.1, 0.15) is 35.0 Å². The first kappa shape index (κ1) is 21.0. The summed E-state index contributed by atoms with van der Waals surface area (Å²) < 4.78 is 5.18. The molecular formula is C22H30N4O3. The van der Waals surface area contributed by atoms with Crippen molar-refractivity contribution < 1.29 is 14.3 Å². The van der Waals surface area contributed by atoms with Crippen molar-refractivity contribution in [3.63, 3.8) is 0 Å². The molecule has 1 saturated heterocycles. The molecule has 1 aliphatic heterocycles. The maximum atomic E-state index is 13.3. The predicted octanol–water partition coefficient (Wildman–Crippen LogP) is 2.26. The Morgan fingerprint density at radius 1 is 1.31 bits per heavy atom. The number of H-pyrrole nitrogens is 1. The van der Waals surface area contributed by atoms with Gasteiger partial charge in [-0.1, -0.05) is 30.3 Å². The molecule has 7 nitrogen and oxygen atoms in total.